The minimum absolute atomic E-state index is 0.250. The van der Waals surface area contributed by atoms with Gasteiger partial charge in [0.15, 0.2) is 0 Å². The van der Waals surface area contributed by atoms with E-state index >= 15 is 0 Å². The topological polar surface area (TPSA) is 64.4 Å². The Balaban J connectivity index is 2.11. The van der Waals surface area contributed by atoms with Crippen LogP contribution in [0.1, 0.15) is 15.9 Å². The largest absolute Gasteiger partial charge is 0.496 e. The fourth-order valence-corrected chi connectivity index (χ4v) is 2.44. The predicted octanol–water partition coefficient (Wildman–Crippen LogP) is 2.79. The third-order valence-corrected chi connectivity index (χ3v) is 3.40. The second-order valence-electron chi connectivity index (χ2n) is 4.66. The van der Waals surface area contributed by atoms with Gasteiger partial charge in [-0.25, -0.2) is 9.78 Å². The van der Waals surface area contributed by atoms with Gasteiger partial charge in [0.1, 0.15) is 5.75 Å². The number of aromatic carboxylic acids is 1. The number of hydrogen-bond acceptors (Lipinski definition) is 3. The molecule has 3 rings (SSSR count). The maximum Gasteiger partial charge on any atom is 0.337 e. The minimum atomic E-state index is -0.956. The van der Waals surface area contributed by atoms with E-state index in [-0.39, 0.29) is 5.56 Å². The summed E-state index contributed by atoms with van der Waals surface area (Å²) in [6.45, 7) is 0.505. The zero-order chi connectivity index (χ0) is 14.8. The van der Waals surface area contributed by atoms with Gasteiger partial charge >= 0.3 is 5.97 Å². The van der Waals surface area contributed by atoms with E-state index in [0.29, 0.717) is 17.6 Å². The fourth-order valence-electron chi connectivity index (χ4n) is 2.44. The molecule has 5 nitrogen and oxygen atoms in total. The van der Waals surface area contributed by atoms with Crippen molar-refractivity contribution in [2.24, 2.45) is 0 Å². The van der Waals surface area contributed by atoms with E-state index in [1.165, 1.54) is 0 Å². The molecule has 1 N–H and O–H groups in total. The summed E-state index contributed by atoms with van der Waals surface area (Å²) in [6.07, 6.45) is 1.66. The minimum Gasteiger partial charge on any atom is -0.496 e. The van der Waals surface area contributed by atoms with Gasteiger partial charge in [0, 0.05) is 5.56 Å². The lowest BCUT2D eigenvalue weighted by molar-refractivity contribution is 0.0698. The van der Waals surface area contributed by atoms with Gasteiger partial charge in [-0.3, -0.25) is 0 Å². The number of rotatable bonds is 4. The Morgan fingerprint density at radius 3 is 2.81 bits per heavy atom. The fraction of sp³-hybridized carbons (Fsp3) is 0.125. The summed E-state index contributed by atoms with van der Waals surface area (Å²) in [5.41, 5.74) is 2.51. The molecule has 21 heavy (non-hydrogen) atoms. The number of carbonyl (C=O) groups is 1. The van der Waals surface area contributed by atoms with Crippen molar-refractivity contribution in [3.8, 4) is 5.75 Å². The number of carboxylic acid groups (broad SMARTS) is 1. The van der Waals surface area contributed by atoms with Crippen molar-refractivity contribution in [1.82, 2.24) is 9.55 Å². The van der Waals surface area contributed by atoms with Crippen LogP contribution in [0.3, 0.4) is 0 Å². The number of benzene rings is 2. The van der Waals surface area contributed by atoms with E-state index in [4.69, 9.17) is 4.74 Å². The highest BCUT2D eigenvalue weighted by atomic mass is 16.5. The average molecular weight is 282 g/mol. The molecular weight excluding hydrogens is 268 g/mol. The lowest BCUT2D eigenvalue weighted by atomic mass is 10.1. The average Bonchev–Trinajstić information content (AvgIpc) is 2.91. The number of aromatic nitrogens is 2. The lowest BCUT2D eigenvalue weighted by Gasteiger charge is -2.10. The third-order valence-electron chi connectivity index (χ3n) is 3.40. The number of methoxy groups -OCH3 is 1. The number of ether oxygens (including phenoxy) is 1. The van der Waals surface area contributed by atoms with Crippen LogP contribution in [0.2, 0.25) is 0 Å². The maximum atomic E-state index is 11.4. The lowest BCUT2D eigenvalue weighted by Crippen LogP contribution is -2.05. The van der Waals surface area contributed by atoms with Crippen molar-refractivity contribution in [2.75, 3.05) is 7.11 Å². The van der Waals surface area contributed by atoms with Crippen LogP contribution in [0.15, 0.2) is 48.8 Å². The summed E-state index contributed by atoms with van der Waals surface area (Å²) in [7, 11) is 1.62. The molecule has 0 fully saturated rings. The highest BCUT2D eigenvalue weighted by Gasteiger charge is 2.14. The van der Waals surface area contributed by atoms with Crippen LogP contribution in [-0.2, 0) is 6.54 Å². The van der Waals surface area contributed by atoms with Crippen LogP contribution in [0.25, 0.3) is 11.0 Å². The molecule has 0 radical (unpaired) electrons. The summed E-state index contributed by atoms with van der Waals surface area (Å²) in [6, 6.07) is 12.8. The Kier molecular flexibility index (Phi) is 3.31. The first-order chi connectivity index (χ1) is 10.2. The number of fused-ring (bicyclic) bond motifs is 1. The van der Waals surface area contributed by atoms with Crippen molar-refractivity contribution in [1.29, 1.82) is 0 Å². The van der Waals surface area contributed by atoms with Crippen molar-refractivity contribution in [2.45, 2.75) is 6.54 Å². The summed E-state index contributed by atoms with van der Waals surface area (Å²) in [5.74, 6) is -0.186. The summed E-state index contributed by atoms with van der Waals surface area (Å²) in [4.78, 5) is 15.6. The number of nitrogens with zero attached hydrogens (tertiary/aromatic N) is 2. The van der Waals surface area contributed by atoms with E-state index in [1.54, 1.807) is 31.6 Å². The first-order valence-corrected chi connectivity index (χ1v) is 6.49. The van der Waals surface area contributed by atoms with Crippen LogP contribution < -0.4 is 4.74 Å². The van der Waals surface area contributed by atoms with Gasteiger partial charge in [0.2, 0.25) is 0 Å². The molecule has 0 atom stereocenters. The van der Waals surface area contributed by atoms with Crippen molar-refractivity contribution >= 4 is 17.0 Å². The molecule has 1 heterocycles. The van der Waals surface area contributed by atoms with Crippen molar-refractivity contribution < 1.29 is 14.6 Å². The van der Waals surface area contributed by atoms with Gasteiger partial charge in [-0.05, 0) is 18.2 Å². The summed E-state index contributed by atoms with van der Waals surface area (Å²) < 4.78 is 7.16. The van der Waals surface area contributed by atoms with Crippen LogP contribution in [0.5, 0.6) is 5.75 Å². The van der Waals surface area contributed by atoms with Gasteiger partial charge in [-0.1, -0.05) is 24.3 Å². The Labute approximate surface area is 121 Å². The molecule has 0 aliphatic heterocycles. The Hall–Kier alpha value is -2.82. The number of carboxylic acids is 1. The number of imidazole rings is 1. The Morgan fingerprint density at radius 1 is 1.24 bits per heavy atom. The second kappa shape index (κ2) is 5.28. The quantitative estimate of drug-likeness (QED) is 0.799. The number of para-hydroxylation sites is 2. The van der Waals surface area contributed by atoms with Crippen LogP contribution >= 0.6 is 0 Å². The van der Waals surface area contributed by atoms with Crippen molar-refractivity contribution in [3.05, 3.63) is 59.9 Å². The molecule has 0 saturated carbocycles. The molecule has 0 amide bonds. The SMILES string of the molecule is COc1ccccc1Cn1cnc2cccc(C(=O)O)c21. The van der Waals surface area contributed by atoms with Crippen LogP contribution in [-0.4, -0.2) is 27.7 Å². The van der Waals surface area contributed by atoms with Gasteiger partial charge < -0.3 is 14.4 Å². The molecular formula is C16H14N2O3. The highest BCUT2D eigenvalue weighted by molar-refractivity contribution is 6.01. The van der Waals surface area contributed by atoms with E-state index in [9.17, 15) is 9.90 Å². The molecule has 0 unspecified atom stereocenters. The van der Waals surface area contributed by atoms with E-state index in [2.05, 4.69) is 4.98 Å². The Morgan fingerprint density at radius 2 is 2.05 bits per heavy atom. The second-order valence-corrected chi connectivity index (χ2v) is 4.66. The van der Waals surface area contributed by atoms with Gasteiger partial charge in [0.25, 0.3) is 0 Å². The Bertz CT molecular complexity index is 808. The van der Waals surface area contributed by atoms with Gasteiger partial charge in [0.05, 0.1) is 36.6 Å². The molecule has 0 bridgehead atoms. The zero-order valence-corrected chi connectivity index (χ0v) is 11.5. The first-order valence-electron chi connectivity index (χ1n) is 6.49. The summed E-state index contributed by atoms with van der Waals surface area (Å²) in [5, 5.41) is 9.33. The van der Waals surface area contributed by atoms with E-state index < -0.39 is 5.97 Å². The molecule has 0 spiro atoms. The molecule has 106 valence electrons. The molecule has 3 aromatic rings. The normalized spacial score (nSPS) is 10.7. The van der Waals surface area contributed by atoms with E-state index in [1.807, 2.05) is 28.8 Å². The monoisotopic (exact) mass is 282 g/mol. The third kappa shape index (κ3) is 2.33. The molecule has 1 aromatic heterocycles. The standard InChI is InChI=1S/C16H14N2O3/c1-21-14-8-3-2-5-11(14)9-18-10-17-13-7-4-6-12(15(13)18)16(19)20/h2-8,10H,9H2,1H3,(H,19,20). The van der Waals surface area contributed by atoms with E-state index in [0.717, 1.165) is 11.3 Å². The highest BCUT2D eigenvalue weighted by Crippen LogP contribution is 2.23. The molecule has 5 heteroatoms. The van der Waals surface area contributed by atoms with Crippen LogP contribution in [0, 0.1) is 0 Å². The zero-order valence-electron chi connectivity index (χ0n) is 11.5. The maximum absolute atomic E-state index is 11.4. The molecule has 2 aromatic carbocycles. The molecule has 0 aliphatic rings. The number of hydrogen-bond donors (Lipinski definition) is 1. The molecule has 0 aliphatic carbocycles. The summed E-state index contributed by atoms with van der Waals surface area (Å²) >= 11 is 0. The van der Waals surface area contributed by atoms with Gasteiger partial charge in [-0.15, -0.1) is 0 Å². The first kappa shape index (κ1) is 13.2. The smallest absolute Gasteiger partial charge is 0.337 e. The predicted molar refractivity (Wildman–Crippen MR) is 78.8 cm³/mol. The van der Waals surface area contributed by atoms with Crippen LogP contribution in [0.4, 0.5) is 0 Å². The molecule has 0 saturated heterocycles. The van der Waals surface area contributed by atoms with Crippen molar-refractivity contribution in [3.63, 3.8) is 0 Å². The van der Waals surface area contributed by atoms with Gasteiger partial charge in [-0.2, -0.15) is 0 Å².